The quantitative estimate of drug-likeness (QED) is 0.516. The second kappa shape index (κ2) is 6.16. The fourth-order valence-electron chi connectivity index (χ4n) is 1.29. The minimum Gasteiger partial charge on any atom is -0.344 e. The van der Waals surface area contributed by atoms with Crippen molar-refractivity contribution in [3.63, 3.8) is 0 Å². The first-order valence-corrected chi connectivity index (χ1v) is 6.28. The average molecular weight is 309 g/mol. The Hall–Kier alpha value is -1.40. The molecular weight excluding hydrogens is 298 g/mol. The molecule has 0 radical (unpaired) electrons. The van der Waals surface area contributed by atoms with Crippen molar-refractivity contribution in [3.05, 3.63) is 39.7 Å². The number of carbonyl (C=O) groups excluding carboxylic acids is 1. The van der Waals surface area contributed by atoms with E-state index < -0.39 is 27.9 Å². The summed E-state index contributed by atoms with van der Waals surface area (Å²) in [6, 6.07) is 2.71. The third-order valence-corrected chi connectivity index (χ3v) is 3.59. The van der Waals surface area contributed by atoms with Crippen LogP contribution in [0.1, 0.15) is 17.3 Å². The molecule has 104 valence electrons. The van der Waals surface area contributed by atoms with Crippen LogP contribution in [0.3, 0.4) is 0 Å². The van der Waals surface area contributed by atoms with Gasteiger partial charge in [-0.2, -0.15) is 0 Å². The molecule has 0 bridgehead atoms. The van der Waals surface area contributed by atoms with Gasteiger partial charge < -0.3 is 5.32 Å². The third kappa shape index (κ3) is 3.78. The topological polar surface area (TPSA) is 72.2 Å². The minimum atomic E-state index is -0.900. The van der Waals surface area contributed by atoms with Gasteiger partial charge in [-0.15, -0.1) is 23.2 Å². The summed E-state index contributed by atoms with van der Waals surface area (Å²) in [6.45, 7) is 1.60. The lowest BCUT2D eigenvalue weighted by Crippen LogP contribution is -2.49. The van der Waals surface area contributed by atoms with Gasteiger partial charge in [0.2, 0.25) is 0 Å². The molecule has 19 heavy (non-hydrogen) atoms. The predicted molar refractivity (Wildman–Crippen MR) is 70.4 cm³/mol. The molecule has 5 nitrogen and oxygen atoms in total. The normalized spacial score (nSPS) is 11.2. The van der Waals surface area contributed by atoms with Crippen molar-refractivity contribution < 1.29 is 14.1 Å². The van der Waals surface area contributed by atoms with E-state index in [1.807, 2.05) is 0 Å². The fraction of sp³-hybridized carbons (Fsp3) is 0.364. The molecule has 1 amide bonds. The van der Waals surface area contributed by atoms with Crippen LogP contribution >= 0.6 is 23.2 Å². The second-order valence-electron chi connectivity index (χ2n) is 4.20. The molecule has 0 heterocycles. The molecule has 0 unspecified atom stereocenters. The molecule has 0 saturated heterocycles. The molecule has 0 aliphatic rings. The number of nitro benzene ring substituents is 1. The highest BCUT2D eigenvalue weighted by atomic mass is 35.5. The number of rotatable bonds is 5. The van der Waals surface area contributed by atoms with Crippen LogP contribution in [0, 0.1) is 15.9 Å². The Labute approximate surface area is 118 Å². The van der Waals surface area contributed by atoms with Crippen molar-refractivity contribution in [1.82, 2.24) is 5.32 Å². The second-order valence-corrected chi connectivity index (χ2v) is 4.74. The molecule has 0 atom stereocenters. The molecule has 1 aromatic rings. The first kappa shape index (κ1) is 15.7. The maximum Gasteiger partial charge on any atom is 0.285 e. The standard InChI is InChI=1S/C11H11Cl2FN2O3/c1-11(5-12,6-13)15-10(17)8-3-2-7(14)4-9(8)16(18)19/h2-4H,5-6H2,1H3,(H,15,17). The zero-order chi connectivity index (χ0) is 14.6. The molecule has 0 fully saturated rings. The summed E-state index contributed by atoms with van der Waals surface area (Å²) >= 11 is 11.3. The van der Waals surface area contributed by atoms with Crippen LogP contribution in [-0.4, -0.2) is 28.1 Å². The Morgan fingerprint density at radius 1 is 1.47 bits per heavy atom. The van der Waals surface area contributed by atoms with E-state index in [0.717, 1.165) is 12.1 Å². The van der Waals surface area contributed by atoms with Gasteiger partial charge in [0.25, 0.3) is 11.6 Å². The Morgan fingerprint density at radius 3 is 2.53 bits per heavy atom. The summed E-state index contributed by atoms with van der Waals surface area (Å²) in [4.78, 5) is 21.9. The largest absolute Gasteiger partial charge is 0.344 e. The van der Waals surface area contributed by atoms with Gasteiger partial charge in [0.15, 0.2) is 0 Å². The van der Waals surface area contributed by atoms with E-state index in [4.69, 9.17) is 23.2 Å². The van der Waals surface area contributed by atoms with E-state index in [0.29, 0.717) is 6.07 Å². The SMILES string of the molecule is CC(CCl)(CCl)NC(=O)c1ccc(F)cc1[N+](=O)[O-]. The highest BCUT2D eigenvalue weighted by Crippen LogP contribution is 2.21. The Balaban J connectivity index is 3.10. The van der Waals surface area contributed by atoms with E-state index in [2.05, 4.69) is 5.32 Å². The summed E-state index contributed by atoms with van der Waals surface area (Å²) < 4.78 is 13.0. The lowest BCUT2D eigenvalue weighted by molar-refractivity contribution is -0.385. The van der Waals surface area contributed by atoms with Gasteiger partial charge in [0.05, 0.1) is 16.5 Å². The van der Waals surface area contributed by atoms with Gasteiger partial charge in [-0.05, 0) is 19.1 Å². The van der Waals surface area contributed by atoms with E-state index >= 15 is 0 Å². The molecular formula is C11H11Cl2FN2O3. The monoisotopic (exact) mass is 308 g/mol. The van der Waals surface area contributed by atoms with Crippen molar-refractivity contribution in [2.75, 3.05) is 11.8 Å². The molecule has 0 aliphatic heterocycles. The van der Waals surface area contributed by atoms with Crippen molar-refractivity contribution in [3.8, 4) is 0 Å². The number of nitrogens with zero attached hydrogens (tertiary/aromatic N) is 1. The molecule has 0 aliphatic carbocycles. The maximum absolute atomic E-state index is 13.0. The highest BCUT2D eigenvalue weighted by Gasteiger charge is 2.28. The van der Waals surface area contributed by atoms with E-state index in [1.165, 1.54) is 0 Å². The van der Waals surface area contributed by atoms with Crippen LogP contribution in [0.5, 0.6) is 0 Å². The van der Waals surface area contributed by atoms with Gasteiger partial charge in [-0.1, -0.05) is 0 Å². The number of nitrogens with one attached hydrogen (secondary N) is 1. The third-order valence-electron chi connectivity index (χ3n) is 2.41. The highest BCUT2D eigenvalue weighted by molar-refractivity contribution is 6.22. The number of carbonyl (C=O) groups is 1. The first-order chi connectivity index (χ1) is 8.83. The van der Waals surface area contributed by atoms with Crippen LogP contribution < -0.4 is 5.32 Å². The predicted octanol–water partition coefficient (Wildman–Crippen LogP) is 2.70. The van der Waals surface area contributed by atoms with Crippen LogP contribution in [0.2, 0.25) is 0 Å². The number of benzene rings is 1. The van der Waals surface area contributed by atoms with Gasteiger partial charge >= 0.3 is 0 Å². The van der Waals surface area contributed by atoms with Crippen LogP contribution in [0.15, 0.2) is 18.2 Å². The lowest BCUT2D eigenvalue weighted by Gasteiger charge is -2.25. The smallest absolute Gasteiger partial charge is 0.285 e. The number of hydrogen-bond donors (Lipinski definition) is 1. The van der Waals surface area contributed by atoms with Crippen molar-refractivity contribution in [2.24, 2.45) is 0 Å². The Bertz CT molecular complexity index is 507. The first-order valence-electron chi connectivity index (χ1n) is 5.21. The summed E-state index contributed by atoms with van der Waals surface area (Å²) in [6.07, 6.45) is 0. The number of alkyl halides is 2. The van der Waals surface area contributed by atoms with Crippen LogP contribution in [-0.2, 0) is 0 Å². The number of halogens is 3. The van der Waals surface area contributed by atoms with E-state index in [9.17, 15) is 19.3 Å². The molecule has 1 rings (SSSR count). The van der Waals surface area contributed by atoms with E-state index in [1.54, 1.807) is 6.92 Å². The molecule has 1 N–H and O–H groups in total. The van der Waals surface area contributed by atoms with Crippen LogP contribution in [0.25, 0.3) is 0 Å². The lowest BCUT2D eigenvalue weighted by atomic mass is 10.1. The Kier molecular flexibility index (Phi) is 5.08. The van der Waals surface area contributed by atoms with Gasteiger partial charge in [0.1, 0.15) is 11.4 Å². The summed E-state index contributed by atoms with van der Waals surface area (Å²) in [7, 11) is 0. The van der Waals surface area contributed by atoms with Gasteiger partial charge in [-0.25, -0.2) is 4.39 Å². The average Bonchev–Trinajstić information content (AvgIpc) is 2.38. The molecule has 1 aromatic carbocycles. The van der Waals surface area contributed by atoms with Gasteiger partial charge in [-0.3, -0.25) is 14.9 Å². The summed E-state index contributed by atoms with van der Waals surface area (Å²) in [5.74, 6) is -1.44. The maximum atomic E-state index is 13.0. The van der Waals surface area contributed by atoms with Crippen LogP contribution in [0.4, 0.5) is 10.1 Å². The zero-order valence-corrected chi connectivity index (χ0v) is 11.5. The molecule has 0 saturated carbocycles. The van der Waals surface area contributed by atoms with Gasteiger partial charge in [0, 0.05) is 11.8 Å². The van der Waals surface area contributed by atoms with Crippen molar-refractivity contribution in [1.29, 1.82) is 0 Å². The number of hydrogen-bond acceptors (Lipinski definition) is 3. The fourth-order valence-corrected chi connectivity index (χ4v) is 1.71. The summed E-state index contributed by atoms with van der Waals surface area (Å²) in [5, 5.41) is 13.3. The summed E-state index contributed by atoms with van der Waals surface area (Å²) in [5.41, 5.74) is -1.75. The van der Waals surface area contributed by atoms with E-state index in [-0.39, 0.29) is 17.3 Å². The minimum absolute atomic E-state index is 0.0389. The number of amides is 1. The Morgan fingerprint density at radius 2 is 2.05 bits per heavy atom. The molecule has 0 aromatic heterocycles. The van der Waals surface area contributed by atoms with Crippen molar-refractivity contribution >= 4 is 34.8 Å². The van der Waals surface area contributed by atoms with Crippen molar-refractivity contribution in [2.45, 2.75) is 12.5 Å². The molecule has 8 heteroatoms. The zero-order valence-electron chi connectivity index (χ0n) is 9.95. The molecule has 0 spiro atoms. The number of nitro groups is 1.